The molecule has 2 aromatic rings. The molecule has 0 bridgehead atoms. The molecule has 0 atom stereocenters. The predicted molar refractivity (Wildman–Crippen MR) is 83.4 cm³/mol. The van der Waals surface area contributed by atoms with Crippen molar-refractivity contribution in [2.75, 3.05) is 23.7 Å². The van der Waals surface area contributed by atoms with Crippen molar-refractivity contribution in [2.24, 2.45) is 7.05 Å². The largest absolute Gasteiger partial charge is 0.370 e. The third-order valence-corrected chi connectivity index (χ3v) is 2.91. The van der Waals surface area contributed by atoms with Crippen LogP contribution in [0.4, 0.5) is 11.6 Å². The maximum atomic E-state index is 4.53. The highest BCUT2D eigenvalue weighted by molar-refractivity contribution is 5.47. The summed E-state index contributed by atoms with van der Waals surface area (Å²) < 4.78 is 1.71. The summed E-state index contributed by atoms with van der Waals surface area (Å²) >= 11 is 0. The second kappa shape index (κ2) is 7.56. The van der Waals surface area contributed by atoms with E-state index in [9.17, 15) is 0 Å². The molecular formula is C14H23N7. The molecule has 0 aliphatic heterocycles. The molecule has 0 unspecified atom stereocenters. The normalized spacial score (nSPS) is 10.6. The van der Waals surface area contributed by atoms with Gasteiger partial charge >= 0.3 is 0 Å². The molecule has 0 saturated carbocycles. The summed E-state index contributed by atoms with van der Waals surface area (Å²) in [6, 6.07) is 1.94. The molecule has 7 heteroatoms. The lowest BCUT2D eigenvalue weighted by molar-refractivity contribution is 0.741. The third-order valence-electron chi connectivity index (χ3n) is 2.91. The monoisotopic (exact) mass is 289 g/mol. The average Bonchev–Trinajstić information content (AvgIpc) is 2.85. The number of aryl methyl sites for hydroxylation is 2. The van der Waals surface area contributed by atoms with E-state index in [1.165, 1.54) is 0 Å². The van der Waals surface area contributed by atoms with E-state index in [0.717, 1.165) is 55.6 Å². The summed E-state index contributed by atoms with van der Waals surface area (Å²) in [6.45, 7) is 5.78. The molecule has 0 amide bonds. The van der Waals surface area contributed by atoms with Crippen LogP contribution >= 0.6 is 0 Å². The molecule has 0 saturated heterocycles. The number of hydrogen-bond donors (Lipinski definition) is 2. The molecule has 7 nitrogen and oxygen atoms in total. The number of rotatable bonds is 8. The predicted octanol–water partition coefficient (Wildman–Crippen LogP) is 1.64. The Bertz CT molecular complexity index is 540. The number of aromatic nitrogens is 5. The Morgan fingerprint density at radius 3 is 2.43 bits per heavy atom. The molecule has 114 valence electrons. The average molecular weight is 289 g/mol. The van der Waals surface area contributed by atoms with Gasteiger partial charge in [-0.05, 0) is 13.3 Å². The van der Waals surface area contributed by atoms with Crippen LogP contribution < -0.4 is 10.6 Å². The minimum atomic E-state index is 0.748. The van der Waals surface area contributed by atoms with Gasteiger partial charge in [0.25, 0.3) is 0 Å². The molecule has 21 heavy (non-hydrogen) atoms. The van der Waals surface area contributed by atoms with Gasteiger partial charge in [-0.3, -0.25) is 4.68 Å². The maximum Gasteiger partial charge on any atom is 0.152 e. The van der Waals surface area contributed by atoms with Gasteiger partial charge < -0.3 is 10.6 Å². The van der Waals surface area contributed by atoms with Gasteiger partial charge in [0.1, 0.15) is 23.8 Å². The van der Waals surface area contributed by atoms with E-state index in [2.05, 4.69) is 44.5 Å². The Kier molecular flexibility index (Phi) is 5.48. The molecular weight excluding hydrogens is 266 g/mol. The first kappa shape index (κ1) is 15.2. The number of nitrogens with zero attached hydrogens (tertiary/aromatic N) is 5. The highest BCUT2D eigenvalue weighted by Crippen LogP contribution is 2.12. The van der Waals surface area contributed by atoms with E-state index in [0.29, 0.717) is 0 Å². The second-order valence-corrected chi connectivity index (χ2v) is 4.85. The van der Waals surface area contributed by atoms with Crippen LogP contribution in [0.25, 0.3) is 0 Å². The van der Waals surface area contributed by atoms with Crippen LogP contribution in [0.15, 0.2) is 12.4 Å². The lowest BCUT2D eigenvalue weighted by atomic mass is 10.3. The van der Waals surface area contributed by atoms with Crippen LogP contribution in [0, 0.1) is 0 Å². The fourth-order valence-corrected chi connectivity index (χ4v) is 2.00. The van der Waals surface area contributed by atoms with Crippen LogP contribution in [0.5, 0.6) is 0 Å². The van der Waals surface area contributed by atoms with Gasteiger partial charge in [-0.25, -0.2) is 15.0 Å². The van der Waals surface area contributed by atoms with Gasteiger partial charge in [0.05, 0.1) is 0 Å². The minimum absolute atomic E-state index is 0.748. The van der Waals surface area contributed by atoms with Crippen molar-refractivity contribution in [2.45, 2.75) is 33.1 Å². The van der Waals surface area contributed by atoms with E-state index in [-0.39, 0.29) is 0 Å². The van der Waals surface area contributed by atoms with Crippen molar-refractivity contribution in [1.82, 2.24) is 24.7 Å². The van der Waals surface area contributed by atoms with Gasteiger partial charge in [-0.15, -0.1) is 0 Å². The fraction of sp³-hybridized carbons (Fsp3) is 0.571. The molecule has 0 aliphatic rings. The molecule has 0 fully saturated rings. The Labute approximate surface area is 125 Å². The SMILES string of the molecule is CCCc1nc(NCC)cc(NCCc2ncn(C)n2)n1. The second-order valence-electron chi connectivity index (χ2n) is 4.85. The molecule has 0 aromatic carbocycles. The maximum absolute atomic E-state index is 4.53. The Balaban J connectivity index is 1.97. The van der Waals surface area contributed by atoms with Gasteiger partial charge in [0.15, 0.2) is 5.82 Å². The van der Waals surface area contributed by atoms with Gasteiger partial charge in [-0.2, -0.15) is 5.10 Å². The van der Waals surface area contributed by atoms with E-state index in [4.69, 9.17) is 0 Å². The summed E-state index contributed by atoms with van der Waals surface area (Å²) in [7, 11) is 1.87. The van der Waals surface area contributed by atoms with Crippen molar-refractivity contribution >= 4 is 11.6 Å². The summed E-state index contributed by atoms with van der Waals surface area (Å²) in [5.41, 5.74) is 0. The summed E-state index contributed by atoms with van der Waals surface area (Å²) in [6.07, 6.45) is 4.40. The van der Waals surface area contributed by atoms with Crippen LogP contribution in [0.2, 0.25) is 0 Å². The van der Waals surface area contributed by atoms with Crippen LogP contribution in [0.1, 0.15) is 31.9 Å². The number of hydrogen-bond acceptors (Lipinski definition) is 6. The van der Waals surface area contributed by atoms with E-state index in [1.54, 1.807) is 11.0 Å². The van der Waals surface area contributed by atoms with Crippen LogP contribution in [-0.2, 0) is 19.9 Å². The molecule has 2 aromatic heterocycles. The first-order valence-corrected chi connectivity index (χ1v) is 7.41. The number of anilines is 2. The summed E-state index contributed by atoms with van der Waals surface area (Å²) in [4.78, 5) is 13.2. The van der Waals surface area contributed by atoms with Gasteiger partial charge in [0, 0.05) is 39.0 Å². The van der Waals surface area contributed by atoms with Crippen molar-refractivity contribution in [3.8, 4) is 0 Å². The molecule has 0 aliphatic carbocycles. The minimum Gasteiger partial charge on any atom is -0.370 e. The lowest BCUT2D eigenvalue weighted by Crippen LogP contribution is -2.11. The van der Waals surface area contributed by atoms with Crippen molar-refractivity contribution in [1.29, 1.82) is 0 Å². The first-order chi connectivity index (χ1) is 10.2. The highest BCUT2D eigenvalue weighted by atomic mass is 15.3. The Morgan fingerprint density at radius 2 is 1.81 bits per heavy atom. The first-order valence-electron chi connectivity index (χ1n) is 7.41. The van der Waals surface area contributed by atoms with E-state index < -0.39 is 0 Å². The smallest absolute Gasteiger partial charge is 0.152 e. The molecule has 0 spiro atoms. The standard InChI is InChI=1S/C14H23N7/c1-4-6-12-18-13(15-5-2)9-14(19-12)16-8-7-11-17-10-21(3)20-11/h9-10H,4-8H2,1-3H3,(H2,15,16,18,19). The Hall–Kier alpha value is -2.18. The molecule has 2 N–H and O–H groups in total. The summed E-state index contributed by atoms with van der Waals surface area (Å²) in [5, 5.41) is 10.8. The van der Waals surface area contributed by atoms with Crippen molar-refractivity contribution in [3.05, 3.63) is 24.0 Å². The quantitative estimate of drug-likeness (QED) is 0.769. The third kappa shape index (κ3) is 4.70. The highest BCUT2D eigenvalue weighted by Gasteiger charge is 2.04. The Morgan fingerprint density at radius 1 is 1.05 bits per heavy atom. The van der Waals surface area contributed by atoms with Crippen LogP contribution in [0.3, 0.4) is 0 Å². The van der Waals surface area contributed by atoms with E-state index >= 15 is 0 Å². The molecule has 0 radical (unpaired) electrons. The zero-order valence-electron chi connectivity index (χ0n) is 12.9. The van der Waals surface area contributed by atoms with Crippen molar-refractivity contribution < 1.29 is 0 Å². The van der Waals surface area contributed by atoms with Gasteiger partial charge in [0.2, 0.25) is 0 Å². The lowest BCUT2D eigenvalue weighted by Gasteiger charge is -2.09. The zero-order valence-corrected chi connectivity index (χ0v) is 12.9. The van der Waals surface area contributed by atoms with Crippen molar-refractivity contribution in [3.63, 3.8) is 0 Å². The summed E-state index contributed by atoms with van der Waals surface area (Å²) in [5.74, 6) is 3.42. The van der Waals surface area contributed by atoms with E-state index in [1.807, 2.05) is 13.1 Å². The molecule has 2 heterocycles. The number of nitrogens with one attached hydrogen (secondary N) is 2. The molecule has 2 rings (SSSR count). The fourth-order valence-electron chi connectivity index (χ4n) is 2.00. The zero-order chi connectivity index (χ0) is 15.1. The topological polar surface area (TPSA) is 80.5 Å². The van der Waals surface area contributed by atoms with Crippen LogP contribution in [-0.4, -0.2) is 37.8 Å². The van der Waals surface area contributed by atoms with Gasteiger partial charge in [-0.1, -0.05) is 6.92 Å².